The van der Waals surface area contributed by atoms with Gasteiger partial charge in [0.2, 0.25) is 15.9 Å². The molecule has 3 rings (SSSR count). The second kappa shape index (κ2) is 10.5. The third-order valence-electron chi connectivity index (χ3n) is 4.86. The van der Waals surface area contributed by atoms with Crippen LogP contribution in [0.25, 0.3) is 0 Å². The van der Waals surface area contributed by atoms with Crippen molar-refractivity contribution in [3.63, 3.8) is 0 Å². The summed E-state index contributed by atoms with van der Waals surface area (Å²) < 4.78 is 27.0. The van der Waals surface area contributed by atoms with E-state index in [1.54, 1.807) is 42.1 Å². The summed E-state index contributed by atoms with van der Waals surface area (Å²) in [5.74, 6) is 1.29. The summed E-state index contributed by atoms with van der Waals surface area (Å²) in [4.78, 5) is 12.8. The molecule has 0 spiro atoms. The highest BCUT2D eigenvalue weighted by molar-refractivity contribution is 7.98. The van der Waals surface area contributed by atoms with Crippen LogP contribution in [0.3, 0.4) is 0 Å². The predicted octanol–water partition coefficient (Wildman–Crippen LogP) is 3.79. The summed E-state index contributed by atoms with van der Waals surface area (Å²) in [5.41, 5.74) is 1.19. The van der Waals surface area contributed by atoms with Gasteiger partial charge < -0.3 is 5.32 Å². The van der Waals surface area contributed by atoms with Gasteiger partial charge in [-0.05, 0) is 42.7 Å². The van der Waals surface area contributed by atoms with E-state index in [-0.39, 0.29) is 23.3 Å². The summed E-state index contributed by atoms with van der Waals surface area (Å²) in [6, 6.07) is 16.1. The molecule has 156 valence electrons. The van der Waals surface area contributed by atoms with Gasteiger partial charge in [0.05, 0.1) is 10.8 Å². The normalized spacial score (nSPS) is 17.8. The summed E-state index contributed by atoms with van der Waals surface area (Å²) >= 11 is 7.62. The number of carbonyl (C=O) groups excluding carboxylic acids is 1. The summed E-state index contributed by atoms with van der Waals surface area (Å²) in [6.07, 6.45) is 1.40. The molecule has 1 saturated heterocycles. The Labute approximate surface area is 181 Å². The molecule has 1 aliphatic rings. The quantitative estimate of drug-likeness (QED) is 0.619. The fraction of sp³-hybridized carbons (Fsp3) is 0.381. The van der Waals surface area contributed by atoms with Crippen LogP contribution >= 0.6 is 23.4 Å². The molecule has 1 aliphatic heterocycles. The summed E-state index contributed by atoms with van der Waals surface area (Å²) in [7, 11) is -3.55. The maximum absolute atomic E-state index is 12.8. The number of nitrogens with zero attached hydrogens (tertiary/aromatic N) is 1. The molecule has 0 radical (unpaired) electrons. The van der Waals surface area contributed by atoms with Crippen molar-refractivity contribution < 1.29 is 13.2 Å². The van der Waals surface area contributed by atoms with Crippen LogP contribution < -0.4 is 5.32 Å². The topological polar surface area (TPSA) is 66.5 Å². The van der Waals surface area contributed by atoms with Gasteiger partial charge in [-0.3, -0.25) is 4.79 Å². The number of amides is 1. The molecule has 29 heavy (non-hydrogen) atoms. The molecule has 0 saturated carbocycles. The van der Waals surface area contributed by atoms with Crippen LogP contribution in [0.2, 0.25) is 5.02 Å². The SMILES string of the molecule is O=C(NCCSCc1ccc(Cl)cc1)C1CCCN(S(=O)(=O)c2ccccc2)C1. The fourth-order valence-electron chi connectivity index (χ4n) is 3.28. The zero-order valence-electron chi connectivity index (χ0n) is 16.1. The first-order valence-electron chi connectivity index (χ1n) is 9.62. The molecule has 1 atom stereocenters. The Hall–Kier alpha value is -1.54. The number of hydrogen-bond donors (Lipinski definition) is 1. The van der Waals surface area contributed by atoms with Gasteiger partial charge in [0.15, 0.2) is 0 Å². The molecule has 8 heteroatoms. The number of sulfonamides is 1. The maximum atomic E-state index is 12.8. The fourth-order valence-corrected chi connectivity index (χ4v) is 5.77. The van der Waals surface area contributed by atoms with E-state index in [1.165, 1.54) is 9.87 Å². The number of benzene rings is 2. The number of carbonyl (C=O) groups is 1. The Bertz CT molecular complexity index is 905. The van der Waals surface area contributed by atoms with Gasteiger partial charge in [-0.1, -0.05) is 41.9 Å². The van der Waals surface area contributed by atoms with Gasteiger partial charge in [0.1, 0.15) is 0 Å². The molecule has 2 aromatic carbocycles. The van der Waals surface area contributed by atoms with Gasteiger partial charge in [-0.15, -0.1) is 0 Å². The average molecular weight is 453 g/mol. The Morgan fingerprint density at radius 2 is 1.86 bits per heavy atom. The predicted molar refractivity (Wildman–Crippen MR) is 119 cm³/mol. The van der Waals surface area contributed by atoms with Crippen molar-refractivity contribution in [1.82, 2.24) is 9.62 Å². The van der Waals surface area contributed by atoms with E-state index in [9.17, 15) is 13.2 Å². The number of hydrogen-bond acceptors (Lipinski definition) is 4. The number of rotatable bonds is 8. The number of thioether (sulfide) groups is 1. The molecule has 1 N–H and O–H groups in total. The lowest BCUT2D eigenvalue weighted by atomic mass is 9.99. The van der Waals surface area contributed by atoms with Gasteiger partial charge in [0.25, 0.3) is 0 Å². The molecule has 1 unspecified atom stereocenters. The van der Waals surface area contributed by atoms with Gasteiger partial charge >= 0.3 is 0 Å². The third-order valence-corrected chi connectivity index (χ3v) is 8.03. The lowest BCUT2D eigenvalue weighted by molar-refractivity contribution is -0.125. The van der Waals surface area contributed by atoms with Gasteiger partial charge in [-0.25, -0.2) is 8.42 Å². The highest BCUT2D eigenvalue weighted by Gasteiger charge is 2.33. The van der Waals surface area contributed by atoms with Crippen molar-refractivity contribution in [2.45, 2.75) is 23.5 Å². The molecular formula is C21H25ClN2O3S2. The minimum absolute atomic E-state index is 0.0648. The Kier molecular flexibility index (Phi) is 8.00. The van der Waals surface area contributed by atoms with E-state index >= 15 is 0 Å². The van der Waals surface area contributed by atoms with E-state index in [4.69, 9.17) is 11.6 Å². The lowest BCUT2D eigenvalue weighted by Gasteiger charge is -2.31. The lowest BCUT2D eigenvalue weighted by Crippen LogP contribution is -2.45. The van der Waals surface area contributed by atoms with E-state index in [0.29, 0.717) is 25.9 Å². The van der Waals surface area contributed by atoms with Crippen molar-refractivity contribution in [2.24, 2.45) is 5.92 Å². The van der Waals surface area contributed by atoms with E-state index in [2.05, 4.69) is 5.32 Å². The van der Waals surface area contributed by atoms with Crippen LogP contribution in [0.4, 0.5) is 0 Å². The monoisotopic (exact) mass is 452 g/mol. The van der Waals surface area contributed by atoms with Crippen molar-refractivity contribution in [3.05, 3.63) is 65.2 Å². The van der Waals surface area contributed by atoms with E-state index in [1.807, 2.05) is 24.3 Å². The number of halogens is 1. The molecule has 1 fully saturated rings. The first-order valence-corrected chi connectivity index (χ1v) is 12.6. The molecule has 5 nitrogen and oxygen atoms in total. The molecule has 0 aliphatic carbocycles. The zero-order valence-corrected chi connectivity index (χ0v) is 18.5. The third kappa shape index (κ3) is 6.22. The van der Waals surface area contributed by atoms with Gasteiger partial charge in [-0.2, -0.15) is 16.1 Å². The molecule has 1 heterocycles. The number of piperidine rings is 1. The highest BCUT2D eigenvalue weighted by atomic mass is 35.5. The summed E-state index contributed by atoms with van der Waals surface area (Å²) in [6.45, 7) is 1.26. The van der Waals surface area contributed by atoms with Crippen molar-refractivity contribution in [3.8, 4) is 0 Å². The van der Waals surface area contributed by atoms with Gasteiger partial charge in [0, 0.05) is 36.2 Å². The van der Waals surface area contributed by atoms with Crippen LogP contribution in [-0.4, -0.2) is 44.0 Å². The largest absolute Gasteiger partial charge is 0.355 e. The average Bonchev–Trinajstić information content (AvgIpc) is 2.75. The minimum Gasteiger partial charge on any atom is -0.355 e. The Morgan fingerprint density at radius 3 is 2.59 bits per heavy atom. The van der Waals surface area contributed by atoms with Crippen molar-refractivity contribution in [1.29, 1.82) is 0 Å². The van der Waals surface area contributed by atoms with E-state index < -0.39 is 10.0 Å². The standard InChI is InChI=1S/C21H25ClN2O3S2/c22-19-10-8-17(9-11-19)16-28-14-12-23-21(25)18-5-4-13-24(15-18)29(26,27)20-6-2-1-3-7-20/h1-3,6-11,18H,4-5,12-16H2,(H,23,25). The maximum Gasteiger partial charge on any atom is 0.243 e. The Balaban J connectivity index is 1.44. The van der Waals surface area contributed by atoms with Crippen LogP contribution in [0.5, 0.6) is 0 Å². The smallest absolute Gasteiger partial charge is 0.243 e. The molecule has 0 bridgehead atoms. The minimum atomic E-state index is -3.55. The zero-order chi connectivity index (χ0) is 20.7. The molecule has 2 aromatic rings. The Morgan fingerprint density at radius 1 is 1.14 bits per heavy atom. The number of nitrogens with one attached hydrogen (secondary N) is 1. The molecule has 1 amide bonds. The van der Waals surface area contributed by atoms with Crippen LogP contribution in [-0.2, 0) is 20.6 Å². The molecule has 0 aromatic heterocycles. The van der Waals surface area contributed by atoms with Crippen molar-refractivity contribution >= 4 is 39.3 Å². The second-order valence-corrected chi connectivity index (χ2v) is 10.5. The van der Waals surface area contributed by atoms with E-state index in [0.717, 1.165) is 16.5 Å². The highest BCUT2D eigenvalue weighted by Crippen LogP contribution is 2.24. The van der Waals surface area contributed by atoms with Crippen LogP contribution in [0.1, 0.15) is 18.4 Å². The second-order valence-electron chi connectivity index (χ2n) is 6.99. The van der Waals surface area contributed by atoms with Crippen LogP contribution in [0, 0.1) is 5.92 Å². The summed E-state index contributed by atoms with van der Waals surface area (Å²) in [5, 5.41) is 3.68. The first kappa shape index (κ1) is 22.2. The molecular weight excluding hydrogens is 428 g/mol. The van der Waals surface area contributed by atoms with Crippen molar-refractivity contribution in [2.75, 3.05) is 25.4 Å². The first-order chi connectivity index (χ1) is 14.0. The van der Waals surface area contributed by atoms with Crippen LogP contribution in [0.15, 0.2) is 59.5 Å².